The van der Waals surface area contributed by atoms with Crippen LogP contribution in [0.25, 0.3) is 33.3 Å². The molecule has 0 fully saturated rings. The number of benzene rings is 3. The highest BCUT2D eigenvalue weighted by Gasteiger charge is 2.19. The standard InChI is InChI=1S/C28H25N3O4/c1-30-21-12-8-7-11-20(21)25(32)24-27(30)29-26(19-9-5-4-6-10-19)31(28(24)33)16-15-18-13-14-22(34-2)23(17-18)35-3/h4-14,17H,15-16H2,1-3H3. The predicted octanol–water partition coefficient (Wildman–Crippen LogP) is 4.18. The van der Waals surface area contributed by atoms with Crippen LogP contribution in [0.5, 0.6) is 11.5 Å². The number of hydrogen-bond acceptors (Lipinski definition) is 5. The Labute approximate surface area is 201 Å². The molecule has 0 bridgehead atoms. The van der Waals surface area contributed by atoms with Crippen LogP contribution in [0.15, 0.2) is 82.4 Å². The molecule has 35 heavy (non-hydrogen) atoms. The molecule has 0 aliphatic rings. The van der Waals surface area contributed by atoms with E-state index in [9.17, 15) is 9.59 Å². The smallest absolute Gasteiger partial charge is 0.267 e. The Hall–Kier alpha value is -4.39. The lowest BCUT2D eigenvalue weighted by molar-refractivity contribution is 0.354. The highest BCUT2D eigenvalue weighted by Crippen LogP contribution is 2.28. The molecule has 0 radical (unpaired) electrons. The normalized spacial score (nSPS) is 11.2. The van der Waals surface area contributed by atoms with Crippen LogP contribution in [0.4, 0.5) is 0 Å². The van der Waals surface area contributed by atoms with Gasteiger partial charge in [-0.25, -0.2) is 4.98 Å². The van der Waals surface area contributed by atoms with E-state index in [1.807, 2.05) is 72.3 Å². The van der Waals surface area contributed by atoms with Gasteiger partial charge in [0.1, 0.15) is 11.2 Å². The molecule has 3 aromatic carbocycles. The minimum absolute atomic E-state index is 0.0955. The number of aromatic nitrogens is 3. The summed E-state index contributed by atoms with van der Waals surface area (Å²) in [4.78, 5) is 32.1. The summed E-state index contributed by atoms with van der Waals surface area (Å²) in [6, 6.07) is 22.5. The van der Waals surface area contributed by atoms with Crippen LogP contribution in [0.2, 0.25) is 0 Å². The second-order valence-electron chi connectivity index (χ2n) is 8.30. The van der Waals surface area contributed by atoms with E-state index < -0.39 is 0 Å². The number of para-hydroxylation sites is 1. The number of rotatable bonds is 6. The van der Waals surface area contributed by atoms with E-state index in [0.29, 0.717) is 41.3 Å². The second kappa shape index (κ2) is 9.10. The van der Waals surface area contributed by atoms with Gasteiger partial charge >= 0.3 is 0 Å². The fourth-order valence-electron chi connectivity index (χ4n) is 4.48. The summed E-state index contributed by atoms with van der Waals surface area (Å²) in [5, 5.41) is 0.596. The molecule has 0 spiro atoms. The Morgan fingerprint density at radius 3 is 2.31 bits per heavy atom. The van der Waals surface area contributed by atoms with Gasteiger partial charge in [-0.1, -0.05) is 48.5 Å². The first-order valence-corrected chi connectivity index (χ1v) is 11.3. The highest BCUT2D eigenvalue weighted by molar-refractivity contribution is 5.91. The summed E-state index contributed by atoms with van der Waals surface area (Å²) in [5.74, 6) is 1.78. The zero-order chi connectivity index (χ0) is 24.5. The molecule has 5 aromatic rings. The fourth-order valence-corrected chi connectivity index (χ4v) is 4.48. The zero-order valence-electron chi connectivity index (χ0n) is 19.8. The van der Waals surface area contributed by atoms with Gasteiger partial charge in [0.05, 0.1) is 19.7 Å². The van der Waals surface area contributed by atoms with Gasteiger partial charge in [0.15, 0.2) is 17.1 Å². The van der Waals surface area contributed by atoms with E-state index >= 15 is 0 Å². The van der Waals surface area contributed by atoms with Crippen molar-refractivity contribution in [1.29, 1.82) is 0 Å². The topological polar surface area (TPSA) is 75.4 Å². The number of ether oxygens (including phenoxy) is 2. The summed E-state index contributed by atoms with van der Waals surface area (Å²) < 4.78 is 14.2. The summed E-state index contributed by atoms with van der Waals surface area (Å²) >= 11 is 0. The largest absolute Gasteiger partial charge is 0.493 e. The number of pyridine rings is 1. The van der Waals surface area contributed by atoms with Crippen molar-refractivity contribution in [2.75, 3.05) is 14.2 Å². The molecule has 0 aliphatic heterocycles. The van der Waals surface area contributed by atoms with Gasteiger partial charge in [-0.15, -0.1) is 0 Å². The molecule has 2 aromatic heterocycles. The van der Waals surface area contributed by atoms with E-state index in [2.05, 4.69) is 0 Å². The molecule has 2 heterocycles. The van der Waals surface area contributed by atoms with Gasteiger partial charge < -0.3 is 14.0 Å². The molecule has 0 unspecified atom stereocenters. The number of hydrogen-bond donors (Lipinski definition) is 0. The average Bonchev–Trinajstić information content (AvgIpc) is 2.91. The van der Waals surface area contributed by atoms with E-state index in [1.54, 1.807) is 30.9 Å². The van der Waals surface area contributed by atoms with Crippen molar-refractivity contribution in [2.45, 2.75) is 13.0 Å². The molecule has 7 heteroatoms. The molecule has 7 nitrogen and oxygen atoms in total. The monoisotopic (exact) mass is 467 g/mol. The number of aryl methyl sites for hydroxylation is 2. The van der Waals surface area contributed by atoms with Crippen molar-refractivity contribution in [2.24, 2.45) is 7.05 Å². The van der Waals surface area contributed by atoms with Crippen molar-refractivity contribution in [3.63, 3.8) is 0 Å². The Bertz CT molecular complexity index is 1670. The van der Waals surface area contributed by atoms with Crippen LogP contribution in [-0.2, 0) is 20.0 Å². The second-order valence-corrected chi connectivity index (χ2v) is 8.30. The SMILES string of the molecule is COc1ccc(CCn2c(-c3ccccc3)nc3c(c(=O)c4ccccc4n3C)c2=O)cc1OC. The van der Waals surface area contributed by atoms with Crippen LogP contribution in [-0.4, -0.2) is 28.3 Å². The lowest BCUT2D eigenvalue weighted by Gasteiger charge is -2.16. The lowest BCUT2D eigenvalue weighted by Crippen LogP contribution is -2.29. The van der Waals surface area contributed by atoms with Crippen LogP contribution in [0, 0.1) is 0 Å². The molecule has 176 valence electrons. The number of methoxy groups -OCH3 is 2. The van der Waals surface area contributed by atoms with E-state index in [-0.39, 0.29) is 16.4 Å². The van der Waals surface area contributed by atoms with E-state index in [4.69, 9.17) is 14.5 Å². The minimum Gasteiger partial charge on any atom is -0.493 e. The Morgan fingerprint density at radius 1 is 0.857 bits per heavy atom. The van der Waals surface area contributed by atoms with Gasteiger partial charge in [-0.05, 0) is 36.2 Å². The summed E-state index contributed by atoms with van der Waals surface area (Å²) in [6.07, 6.45) is 0.543. The first-order chi connectivity index (χ1) is 17.0. The third-order valence-corrected chi connectivity index (χ3v) is 6.31. The van der Waals surface area contributed by atoms with Crippen molar-refractivity contribution in [3.8, 4) is 22.9 Å². The zero-order valence-corrected chi connectivity index (χ0v) is 19.8. The fraction of sp³-hybridized carbons (Fsp3) is 0.179. The van der Waals surface area contributed by atoms with Crippen molar-refractivity contribution in [1.82, 2.24) is 14.1 Å². The molecule has 0 N–H and O–H groups in total. The Kier molecular flexibility index (Phi) is 5.82. The molecular weight excluding hydrogens is 442 g/mol. The maximum absolute atomic E-state index is 13.8. The minimum atomic E-state index is -0.347. The van der Waals surface area contributed by atoms with Crippen LogP contribution in [0.3, 0.4) is 0 Å². The molecule has 0 atom stereocenters. The van der Waals surface area contributed by atoms with Crippen LogP contribution >= 0.6 is 0 Å². The van der Waals surface area contributed by atoms with Gasteiger partial charge in [0.25, 0.3) is 5.56 Å². The van der Waals surface area contributed by atoms with Gasteiger partial charge in [0.2, 0.25) is 5.43 Å². The third-order valence-electron chi connectivity index (χ3n) is 6.31. The number of fused-ring (bicyclic) bond motifs is 2. The van der Waals surface area contributed by atoms with Gasteiger partial charge in [-0.2, -0.15) is 0 Å². The molecule has 0 saturated heterocycles. The quantitative estimate of drug-likeness (QED) is 0.350. The predicted molar refractivity (Wildman–Crippen MR) is 137 cm³/mol. The Balaban J connectivity index is 1.72. The van der Waals surface area contributed by atoms with E-state index in [0.717, 1.165) is 16.6 Å². The molecule has 0 saturated carbocycles. The Morgan fingerprint density at radius 2 is 1.57 bits per heavy atom. The lowest BCUT2D eigenvalue weighted by atomic mass is 10.1. The maximum atomic E-state index is 13.8. The molecular formula is C28H25N3O4. The highest BCUT2D eigenvalue weighted by atomic mass is 16.5. The summed E-state index contributed by atoms with van der Waals surface area (Å²) in [5.41, 5.74) is 2.24. The summed E-state index contributed by atoms with van der Waals surface area (Å²) in [7, 11) is 5.01. The first kappa shape index (κ1) is 22.4. The van der Waals surface area contributed by atoms with Gasteiger partial charge in [-0.3, -0.25) is 14.2 Å². The van der Waals surface area contributed by atoms with Crippen molar-refractivity contribution < 1.29 is 9.47 Å². The van der Waals surface area contributed by atoms with Crippen molar-refractivity contribution >= 4 is 21.9 Å². The van der Waals surface area contributed by atoms with Crippen LogP contribution < -0.4 is 20.5 Å². The molecule has 5 rings (SSSR count). The van der Waals surface area contributed by atoms with Crippen molar-refractivity contribution in [3.05, 3.63) is 98.9 Å². The average molecular weight is 468 g/mol. The molecule has 0 aliphatic carbocycles. The van der Waals surface area contributed by atoms with Gasteiger partial charge in [0, 0.05) is 24.5 Å². The number of nitrogens with zero attached hydrogens (tertiary/aromatic N) is 3. The van der Waals surface area contributed by atoms with Crippen LogP contribution in [0.1, 0.15) is 5.56 Å². The van der Waals surface area contributed by atoms with E-state index in [1.165, 1.54) is 0 Å². The third kappa shape index (κ3) is 3.85. The summed E-state index contributed by atoms with van der Waals surface area (Å²) in [6.45, 7) is 0.345. The maximum Gasteiger partial charge on any atom is 0.267 e. The molecule has 0 amide bonds. The first-order valence-electron chi connectivity index (χ1n) is 11.3.